The van der Waals surface area contributed by atoms with Gasteiger partial charge in [-0.05, 0) is 115 Å². The number of hydrogen-bond donors (Lipinski definition) is 0. The molecule has 0 unspecified atom stereocenters. The van der Waals surface area contributed by atoms with E-state index >= 15 is 0 Å². The number of anilines is 6. The van der Waals surface area contributed by atoms with Crippen LogP contribution in [-0.4, -0.2) is 11.3 Å². The SMILES string of the molecule is CC(C)(C)c1ccc(N(c2ccc(C(C)(C)C)cc2)c2cc3c4c(c2)-n2c5c(c6cccc(c62)B4c2ccc(C(C)(C)C)cc2N3c2cccc3c2sc2ccccc23)C(C)(C)c2ccccc2-5)cc1. The molecule has 3 nitrogen and oxygen atoms in total. The molecular formula is C65H60BN3S. The predicted octanol–water partition coefficient (Wildman–Crippen LogP) is 16.3. The summed E-state index contributed by atoms with van der Waals surface area (Å²) in [5.74, 6) is 0. The van der Waals surface area contributed by atoms with Gasteiger partial charge in [0.2, 0.25) is 0 Å². The highest BCUT2D eigenvalue weighted by molar-refractivity contribution is 7.26. The molecular weight excluding hydrogens is 866 g/mol. The summed E-state index contributed by atoms with van der Waals surface area (Å²) >= 11 is 1.91. The summed E-state index contributed by atoms with van der Waals surface area (Å²) in [6.45, 7) is 25.7. The van der Waals surface area contributed by atoms with Crippen LogP contribution in [-0.2, 0) is 21.7 Å². The van der Waals surface area contributed by atoms with Gasteiger partial charge in [0.1, 0.15) is 0 Å². The van der Waals surface area contributed by atoms with Gasteiger partial charge in [-0.1, -0.05) is 185 Å². The average molecular weight is 926 g/mol. The fourth-order valence-corrected chi connectivity index (χ4v) is 13.6. The topological polar surface area (TPSA) is 11.4 Å². The molecule has 1 aliphatic carbocycles. The van der Waals surface area contributed by atoms with Crippen molar-refractivity contribution in [3.8, 4) is 16.9 Å². The minimum atomic E-state index is -0.188. The van der Waals surface area contributed by atoms with Crippen LogP contribution in [0.15, 0.2) is 164 Å². The van der Waals surface area contributed by atoms with Gasteiger partial charge in [0.15, 0.2) is 0 Å². The van der Waals surface area contributed by atoms with E-state index in [9.17, 15) is 0 Å². The highest BCUT2D eigenvalue weighted by Crippen LogP contribution is 2.56. The Morgan fingerprint density at radius 1 is 0.486 bits per heavy atom. The van der Waals surface area contributed by atoms with Gasteiger partial charge in [-0.3, -0.25) is 0 Å². The second-order valence-corrected chi connectivity index (χ2v) is 24.9. The van der Waals surface area contributed by atoms with Crippen LogP contribution in [0.5, 0.6) is 0 Å². The smallest absolute Gasteiger partial charge is 0.252 e. The summed E-state index contributed by atoms with van der Waals surface area (Å²) in [6.07, 6.45) is 0. The first-order valence-corrected chi connectivity index (χ1v) is 26.0. The maximum atomic E-state index is 2.70. The molecule has 2 aromatic heterocycles. The van der Waals surface area contributed by atoms with Crippen LogP contribution in [0, 0.1) is 0 Å². The highest BCUT2D eigenvalue weighted by atomic mass is 32.1. The summed E-state index contributed by atoms with van der Waals surface area (Å²) in [5.41, 5.74) is 23.0. The van der Waals surface area contributed by atoms with Crippen molar-refractivity contribution < 1.29 is 0 Å². The first kappa shape index (κ1) is 43.2. The number of rotatable bonds is 4. The van der Waals surface area contributed by atoms with Gasteiger partial charge >= 0.3 is 0 Å². The standard InChI is InChI=1S/C65H60BN3S/c1-62(2,3)39-26-31-42(32-27-39)67(43-33-28-40(29-34-43)63(4,5)6)44-37-54-58-55(38-44)69-59-48(57-60(69)47-19-12-14-22-49(47)65(57,10)11)21-16-23-51(59)66(58)50-35-30-41(64(7,8)9)36-53(50)68(54)52-24-17-20-46-45-18-13-15-25-56(45)70-61(46)52/h12-38H,1-11H3. The number of fused-ring (bicyclic) bond motifs is 12. The highest BCUT2D eigenvalue weighted by Gasteiger charge is 2.47. The largest absolute Gasteiger partial charge is 0.310 e. The van der Waals surface area contributed by atoms with Gasteiger partial charge in [-0.2, -0.15) is 0 Å². The van der Waals surface area contributed by atoms with Crippen LogP contribution in [0.3, 0.4) is 0 Å². The third-order valence-electron chi connectivity index (χ3n) is 16.0. The van der Waals surface area contributed by atoms with Crippen molar-refractivity contribution in [1.82, 2.24) is 4.57 Å². The fourth-order valence-electron chi connectivity index (χ4n) is 12.4. The molecule has 344 valence electrons. The van der Waals surface area contributed by atoms with Gasteiger partial charge in [0, 0.05) is 65.8 Å². The number of para-hydroxylation sites is 1. The molecule has 10 aromatic rings. The Hall–Kier alpha value is -6.82. The predicted molar refractivity (Wildman–Crippen MR) is 304 cm³/mol. The Morgan fingerprint density at radius 2 is 1.07 bits per heavy atom. The molecule has 0 N–H and O–H groups in total. The van der Waals surface area contributed by atoms with E-state index in [-0.39, 0.29) is 28.4 Å². The van der Waals surface area contributed by atoms with Gasteiger partial charge < -0.3 is 14.4 Å². The Morgan fingerprint density at radius 3 is 1.76 bits per heavy atom. The first-order chi connectivity index (χ1) is 33.4. The average Bonchev–Trinajstić information content (AvgIpc) is 3.97. The summed E-state index contributed by atoms with van der Waals surface area (Å²) in [5, 5.41) is 3.96. The van der Waals surface area contributed by atoms with Gasteiger partial charge in [-0.15, -0.1) is 11.3 Å². The van der Waals surface area contributed by atoms with Crippen molar-refractivity contribution in [2.75, 3.05) is 9.80 Å². The van der Waals surface area contributed by atoms with Gasteiger partial charge in [0.05, 0.1) is 21.8 Å². The fraction of sp³-hybridized carbons (Fsp3) is 0.231. The number of aromatic nitrogens is 1. The quantitative estimate of drug-likeness (QED) is 0.163. The Kier molecular flexibility index (Phi) is 9.03. The van der Waals surface area contributed by atoms with E-state index < -0.39 is 0 Å². The van der Waals surface area contributed by atoms with Gasteiger partial charge in [-0.25, -0.2) is 0 Å². The van der Waals surface area contributed by atoms with Crippen molar-refractivity contribution in [2.45, 2.75) is 97.8 Å². The molecule has 0 amide bonds. The van der Waals surface area contributed by atoms with Crippen LogP contribution in [0.25, 0.3) is 48.0 Å². The molecule has 0 bridgehead atoms. The molecule has 8 aromatic carbocycles. The summed E-state index contributed by atoms with van der Waals surface area (Å²) < 4.78 is 5.31. The molecule has 3 aliphatic rings. The van der Waals surface area contributed by atoms with Crippen molar-refractivity contribution in [2.24, 2.45) is 0 Å². The minimum absolute atomic E-state index is 0.0103. The van der Waals surface area contributed by atoms with Crippen LogP contribution in [0.2, 0.25) is 0 Å². The third kappa shape index (κ3) is 6.13. The van der Waals surface area contributed by atoms with E-state index in [1.807, 2.05) is 11.3 Å². The summed E-state index contributed by atoms with van der Waals surface area (Å²) in [4.78, 5) is 5.18. The van der Waals surface area contributed by atoms with Crippen LogP contribution in [0.4, 0.5) is 34.1 Å². The van der Waals surface area contributed by atoms with E-state index in [0.717, 1.165) is 17.1 Å². The Balaban J connectivity index is 1.19. The number of benzene rings is 8. The second-order valence-electron chi connectivity index (χ2n) is 23.8. The van der Waals surface area contributed by atoms with Crippen molar-refractivity contribution >= 4 is 99.6 Å². The van der Waals surface area contributed by atoms with Crippen molar-refractivity contribution in [1.29, 1.82) is 0 Å². The summed E-state index contributed by atoms with van der Waals surface area (Å²) in [7, 11) is 0. The lowest BCUT2D eigenvalue weighted by Gasteiger charge is -2.42. The number of thiophene rings is 1. The molecule has 0 fully saturated rings. The first-order valence-electron chi connectivity index (χ1n) is 25.2. The lowest BCUT2D eigenvalue weighted by molar-refractivity contribution is 0.590. The molecule has 0 saturated heterocycles. The van der Waals surface area contributed by atoms with E-state index in [0.29, 0.717) is 0 Å². The van der Waals surface area contributed by atoms with E-state index in [4.69, 9.17) is 0 Å². The lowest BCUT2D eigenvalue weighted by atomic mass is 9.33. The Bertz CT molecular complexity index is 3750. The zero-order chi connectivity index (χ0) is 48.4. The third-order valence-corrected chi connectivity index (χ3v) is 17.2. The molecule has 0 atom stereocenters. The molecule has 5 heteroatoms. The zero-order valence-electron chi connectivity index (χ0n) is 42.4. The molecule has 0 saturated carbocycles. The zero-order valence-corrected chi connectivity index (χ0v) is 43.2. The van der Waals surface area contributed by atoms with E-state index in [1.165, 1.54) is 109 Å². The van der Waals surface area contributed by atoms with E-state index in [1.54, 1.807) is 0 Å². The summed E-state index contributed by atoms with van der Waals surface area (Å²) in [6, 6.07) is 63.4. The maximum Gasteiger partial charge on any atom is 0.252 e. The number of hydrogen-bond acceptors (Lipinski definition) is 3. The van der Waals surface area contributed by atoms with Crippen LogP contribution >= 0.6 is 11.3 Å². The normalized spacial score (nSPS) is 14.6. The lowest BCUT2D eigenvalue weighted by Crippen LogP contribution is -2.60. The molecule has 70 heavy (non-hydrogen) atoms. The molecule has 4 heterocycles. The molecule has 13 rings (SSSR count). The molecule has 0 spiro atoms. The minimum Gasteiger partial charge on any atom is -0.310 e. The van der Waals surface area contributed by atoms with Gasteiger partial charge in [0.25, 0.3) is 6.71 Å². The maximum absolute atomic E-state index is 2.70. The molecule has 2 aliphatic heterocycles. The number of nitrogens with zero attached hydrogens (tertiary/aromatic N) is 3. The van der Waals surface area contributed by atoms with E-state index in [2.05, 4.69) is 254 Å². The Labute approximate surface area is 418 Å². The molecule has 0 radical (unpaired) electrons. The monoisotopic (exact) mass is 925 g/mol. The second kappa shape index (κ2) is 14.6. The van der Waals surface area contributed by atoms with Crippen molar-refractivity contribution in [3.63, 3.8) is 0 Å². The van der Waals surface area contributed by atoms with Crippen molar-refractivity contribution in [3.05, 3.63) is 192 Å². The van der Waals surface area contributed by atoms with Crippen LogP contribution < -0.4 is 26.2 Å². The van der Waals surface area contributed by atoms with Crippen LogP contribution in [0.1, 0.15) is 104 Å².